The largest absolute Gasteiger partial charge is 0.489 e. The van der Waals surface area contributed by atoms with Gasteiger partial charge in [-0.25, -0.2) is 0 Å². The number of thiophene rings is 1. The average molecular weight is 375 g/mol. The van der Waals surface area contributed by atoms with Gasteiger partial charge in [0.2, 0.25) is 0 Å². The SMILES string of the molecule is O=C(Nc1ccc(OCc2ccccc2)cc1)c1cc(-c2cccs2)[nH]n1. The zero-order chi connectivity index (χ0) is 18.5. The van der Waals surface area contributed by atoms with Crippen LogP contribution in [0.1, 0.15) is 16.1 Å². The molecule has 5 nitrogen and oxygen atoms in total. The number of ether oxygens (including phenoxy) is 1. The highest BCUT2D eigenvalue weighted by Crippen LogP contribution is 2.23. The Bertz CT molecular complexity index is 1010. The standard InChI is InChI=1S/C21H17N3O2S/c25-21(19-13-18(23-24-19)20-7-4-12-27-20)22-16-8-10-17(11-9-16)26-14-15-5-2-1-3-6-15/h1-13H,14H2,(H,22,25)(H,23,24). The predicted molar refractivity (Wildman–Crippen MR) is 107 cm³/mol. The first kappa shape index (κ1) is 17.1. The second kappa shape index (κ2) is 7.88. The van der Waals surface area contributed by atoms with E-state index in [0.29, 0.717) is 18.0 Å². The quantitative estimate of drug-likeness (QED) is 0.500. The van der Waals surface area contributed by atoms with Crippen molar-refractivity contribution in [3.05, 3.63) is 89.4 Å². The molecule has 2 aromatic heterocycles. The number of carbonyl (C=O) groups is 1. The first-order chi connectivity index (χ1) is 13.3. The number of amides is 1. The van der Waals surface area contributed by atoms with Crippen molar-refractivity contribution in [1.82, 2.24) is 10.2 Å². The van der Waals surface area contributed by atoms with Crippen LogP contribution in [0.15, 0.2) is 78.2 Å². The molecule has 2 aromatic carbocycles. The molecule has 134 valence electrons. The lowest BCUT2D eigenvalue weighted by Gasteiger charge is -2.08. The Morgan fingerprint density at radius 3 is 2.59 bits per heavy atom. The van der Waals surface area contributed by atoms with Crippen molar-refractivity contribution in [1.29, 1.82) is 0 Å². The van der Waals surface area contributed by atoms with E-state index in [1.54, 1.807) is 17.4 Å². The summed E-state index contributed by atoms with van der Waals surface area (Å²) in [4.78, 5) is 13.4. The van der Waals surface area contributed by atoms with E-state index in [1.165, 1.54) is 0 Å². The van der Waals surface area contributed by atoms with Crippen molar-refractivity contribution in [2.45, 2.75) is 6.61 Å². The minimum Gasteiger partial charge on any atom is -0.489 e. The Morgan fingerprint density at radius 2 is 1.85 bits per heavy atom. The maximum Gasteiger partial charge on any atom is 0.276 e. The molecule has 4 aromatic rings. The number of carbonyl (C=O) groups excluding carboxylic acids is 1. The Morgan fingerprint density at radius 1 is 1.04 bits per heavy atom. The maximum atomic E-state index is 12.4. The number of hydrogen-bond acceptors (Lipinski definition) is 4. The minimum absolute atomic E-state index is 0.257. The van der Waals surface area contributed by atoms with E-state index in [9.17, 15) is 4.79 Å². The topological polar surface area (TPSA) is 67.0 Å². The van der Waals surface area contributed by atoms with Gasteiger partial charge in [-0.05, 0) is 47.3 Å². The van der Waals surface area contributed by atoms with Gasteiger partial charge in [0.1, 0.15) is 12.4 Å². The van der Waals surface area contributed by atoms with Crippen LogP contribution >= 0.6 is 11.3 Å². The molecule has 27 heavy (non-hydrogen) atoms. The molecule has 0 unspecified atom stereocenters. The molecule has 0 radical (unpaired) electrons. The summed E-state index contributed by atoms with van der Waals surface area (Å²) in [6.45, 7) is 0.505. The molecule has 1 amide bonds. The minimum atomic E-state index is -0.257. The van der Waals surface area contributed by atoms with Gasteiger partial charge in [0.25, 0.3) is 5.91 Å². The fourth-order valence-electron chi connectivity index (χ4n) is 2.57. The molecule has 0 saturated heterocycles. The molecule has 0 bridgehead atoms. The maximum absolute atomic E-state index is 12.4. The van der Waals surface area contributed by atoms with Gasteiger partial charge in [0, 0.05) is 5.69 Å². The lowest BCUT2D eigenvalue weighted by Crippen LogP contribution is -2.12. The lowest BCUT2D eigenvalue weighted by atomic mass is 10.2. The third-order valence-corrected chi connectivity index (χ3v) is 4.86. The van der Waals surface area contributed by atoms with Gasteiger partial charge in [-0.2, -0.15) is 5.10 Å². The van der Waals surface area contributed by atoms with E-state index in [2.05, 4.69) is 15.5 Å². The third kappa shape index (κ3) is 4.24. The molecule has 0 atom stereocenters. The van der Waals surface area contributed by atoms with E-state index >= 15 is 0 Å². The normalized spacial score (nSPS) is 10.5. The number of hydrogen-bond donors (Lipinski definition) is 2. The van der Waals surface area contributed by atoms with E-state index < -0.39 is 0 Å². The van der Waals surface area contributed by atoms with E-state index in [0.717, 1.165) is 21.9 Å². The van der Waals surface area contributed by atoms with Gasteiger partial charge in [-0.1, -0.05) is 36.4 Å². The van der Waals surface area contributed by atoms with Gasteiger partial charge in [-0.3, -0.25) is 9.89 Å². The summed E-state index contributed by atoms with van der Waals surface area (Å²) in [7, 11) is 0. The molecule has 0 aliphatic heterocycles. The van der Waals surface area contributed by atoms with Crippen molar-refractivity contribution in [2.75, 3.05) is 5.32 Å². The summed E-state index contributed by atoms with van der Waals surface area (Å²) < 4.78 is 5.75. The molecule has 0 aliphatic rings. The second-order valence-corrected chi connectivity index (χ2v) is 6.84. The zero-order valence-corrected chi connectivity index (χ0v) is 15.2. The van der Waals surface area contributed by atoms with Gasteiger partial charge < -0.3 is 10.1 Å². The number of H-pyrrole nitrogens is 1. The van der Waals surface area contributed by atoms with Crippen LogP contribution in [-0.4, -0.2) is 16.1 Å². The van der Waals surface area contributed by atoms with Gasteiger partial charge in [-0.15, -0.1) is 11.3 Å². The number of nitrogens with zero attached hydrogens (tertiary/aromatic N) is 1. The molecule has 2 N–H and O–H groups in total. The summed E-state index contributed by atoms with van der Waals surface area (Å²) in [5.41, 5.74) is 2.98. The Kier molecular flexibility index (Phi) is 4.98. The van der Waals surface area contributed by atoms with Crippen molar-refractivity contribution in [3.63, 3.8) is 0 Å². The summed E-state index contributed by atoms with van der Waals surface area (Å²) >= 11 is 1.59. The van der Waals surface area contributed by atoms with Gasteiger partial charge in [0.15, 0.2) is 5.69 Å². The van der Waals surface area contributed by atoms with Crippen LogP contribution in [0.4, 0.5) is 5.69 Å². The molecular formula is C21H17N3O2S. The Hall–Kier alpha value is -3.38. The third-order valence-electron chi connectivity index (χ3n) is 3.96. The van der Waals surface area contributed by atoms with Crippen LogP contribution in [0.5, 0.6) is 5.75 Å². The van der Waals surface area contributed by atoms with Crippen molar-refractivity contribution < 1.29 is 9.53 Å². The molecule has 0 fully saturated rings. The van der Waals surface area contributed by atoms with E-state index in [-0.39, 0.29) is 5.91 Å². The van der Waals surface area contributed by atoms with Crippen LogP contribution in [0.3, 0.4) is 0 Å². The van der Waals surface area contributed by atoms with Gasteiger partial charge >= 0.3 is 0 Å². The number of aromatic amines is 1. The van der Waals surface area contributed by atoms with E-state index in [4.69, 9.17) is 4.74 Å². The van der Waals surface area contributed by atoms with Crippen LogP contribution in [-0.2, 0) is 6.61 Å². The summed E-state index contributed by atoms with van der Waals surface area (Å²) in [5, 5.41) is 11.8. The molecule has 2 heterocycles. The zero-order valence-electron chi connectivity index (χ0n) is 14.4. The fourth-order valence-corrected chi connectivity index (χ4v) is 3.26. The molecule has 0 aliphatic carbocycles. The van der Waals surface area contributed by atoms with Crippen molar-refractivity contribution in [3.8, 4) is 16.3 Å². The van der Waals surface area contributed by atoms with Crippen molar-refractivity contribution >= 4 is 22.9 Å². The smallest absolute Gasteiger partial charge is 0.276 e. The number of anilines is 1. The first-order valence-corrected chi connectivity index (χ1v) is 9.33. The van der Waals surface area contributed by atoms with Crippen LogP contribution < -0.4 is 10.1 Å². The summed E-state index contributed by atoms with van der Waals surface area (Å²) in [6, 6.07) is 23.0. The van der Waals surface area contributed by atoms with Crippen LogP contribution in [0.25, 0.3) is 10.6 Å². The fraction of sp³-hybridized carbons (Fsp3) is 0.0476. The molecule has 6 heteroatoms. The lowest BCUT2D eigenvalue weighted by molar-refractivity contribution is 0.102. The summed E-state index contributed by atoms with van der Waals surface area (Å²) in [5.74, 6) is 0.489. The van der Waals surface area contributed by atoms with Crippen LogP contribution in [0, 0.1) is 0 Å². The highest BCUT2D eigenvalue weighted by Gasteiger charge is 2.12. The number of nitrogens with one attached hydrogen (secondary N) is 2. The highest BCUT2D eigenvalue weighted by molar-refractivity contribution is 7.13. The highest BCUT2D eigenvalue weighted by atomic mass is 32.1. The molecule has 0 saturated carbocycles. The number of aromatic nitrogens is 2. The molecule has 0 spiro atoms. The first-order valence-electron chi connectivity index (χ1n) is 8.45. The van der Waals surface area contributed by atoms with E-state index in [1.807, 2.05) is 72.1 Å². The van der Waals surface area contributed by atoms with Crippen LogP contribution in [0.2, 0.25) is 0 Å². The number of benzene rings is 2. The van der Waals surface area contributed by atoms with Gasteiger partial charge in [0.05, 0.1) is 10.6 Å². The summed E-state index contributed by atoms with van der Waals surface area (Å²) in [6.07, 6.45) is 0. The number of rotatable bonds is 6. The predicted octanol–water partition coefficient (Wildman–Crippen LogP) is 4.97. The Labute approximate surface area is 160 Å². The second-order valence-electron chi connectivity index (χ2n) is 5.90. The van der Waals surface area contributed by atoms with Crippen molar-refractivity contribution in [2.24, 2.45) is 0 Å². The molecule has 4 rings (SSSR count). The molecular weight excluding hydrogens is 358 g/mol. The monoisotopic (exact) mass is 375 g/mol. The average Bonchev–Trinajstić information content (AvgIpc) is 3.40. The Balaban J connectivity index is 1.36.